The molecule has 100 valence electrons. The summed E-state index contributed by atoms with van der Waals surface area (Å²) in [7, 11) is 1.36. The molecule has 1 aromatic rings. The Labute approximate surface area is 111 Å². The lowest BCUT2D eigenvalue weighted by molar-refractivity contribution is 0.0594. The van der Waals surface area contributed by atoms with E-state index >= 15 is 0 Å². The molecular weight excluding hydrogens is 252 g/mol. The van der Waals surface area contributed by atoms with Crippen molar-refractivity contribution in [3.8, 4) is 0 Å². The molecule has 2 rings (SSSR count). The van der Waals surface area contributed by atoms with Crippen molar-refractivity contribution in [2.45, 2.75) is 19.8 Å². The number of thiazole rings is 1. The molecule has 1 aromatic heterocycles. The van der Waals surface area contributed by atoms with Crippen LogP contribution in [0.2, 0.25) is 0 Å². The molecule has 6 heteroatoms. The van der Waals surface area contributed by atoms with Gasteiger partial charge < -0.3 is 14.8 Å². The quantitative estimate of drug-likeness (QED) is 0.607. The van der Waals surface area contributed by atoms with E-state index < -0.39 is 0 Å². The van der Waals surface area contributed by atoms with Crippen LogP contribution in [-0.4, -0.2) is 37.8 Å². The van der Waals surface area contributed by atoms with Crippen LogP contribution in [0.25, 0.3) is 0 Å². The number of nitrogens with zero attached hydrogens (tertiary/aromatic N) is 1. The third kappa shape index (κ3) is 3.68. The highest BCUT2D eigenvalue weighted by atomic mass is 32.1. The highest BCUT2D eigenvalue weighted by Crippen LogP contribution is 2.28. The maximum Gasteiger partial charge on any atom is 0.357 e. The summed E-state index contributed by atoms with van der Waals surface area (Å²) in [4.78, 5) is 16.4. The summed E-state index contributed by atoms with van der Waals surface area (Å²) in [6.45, 7) is 4.10. The van der Waals surface area contributed by atoms with Crippen LogP contribution in [0.5, 0.6) is 0 Å². The van der Waals surface area contributed by atoms with Crippen molar-refractivity contribution in [3.05, 3.63) is 10.6 Å². The van der Waals surface area contributed by atoms with Crippen molar-refractivity contribution in [1.82, 2.24) is 4.98 Å². The SMILES string of the molecule is COC(=O)c1nc(NCCOCC2CC2)sc1C. The van der Waals surface area contributed by atoms with E-state index in [4.69, 9.17) is 4.74 Å². The Morgan fingerprint density at radius 3 is 3.00 bits per heavy atom. The van der Waals surface area contributed by atoms with E-state index in [1.165, 1.54) is 31.3 Å². The van der Waals surface area contributed by atoms with Gasteiger partial charge in [-0.1, -0.05) is 0 Å². The Hall–Kier alpha value is -1.14. The van der Waals surface area contributed by atoms with E-state index in [1.807, 2.05) is 6.92 Å². The van der Waals surface area contributed by atoms with Crippen LogP contribution in [0.1, 0.15) is 28.2 Å². The number of carbonyl (C=O) groups is 1. The fourth-order valence-electron chi connectivity index (χ4n) is 1.52. The van der Waals surface area contributed by atoms with E-state index in [-0.39, 0.29) is 5.97 Å². The van der Waals surface area contributed by atoms with Crippen molar-refractivity contribution in [2.75, 3.05) is 32.2 Å². The first-order chi connectivity index (χ1) is 8.70. The molecule has 5 nitrogen and oxygen atoms in total. The molecule has 0 unspecified atom stereocenters. The first-order valence-corrected chi connectivity index (χ1v) is 6.89. The number of anilines is 1. The number of hydrogen-bond donors (Lipinski definition) is 1. The van der Waals surface area contributed by atoms with Crippen molar-refractivity contribution < 1.29 is 14.3 Å². The van der Waals surface area contributed by atoms with Crippen LogP contribution in [0.3, 0.4) is 0 Å². The van der Waals surface area contributed by atoms with E-state index in [0.29, 0.717) is 18.8 Å². The van der Waals surface area contributed by atoms with Gasteiger partial charge in [0, 0.05) is 18.0 Å². The Kier molecular flexibility index (Phi) is 4.54. The molecule has 0 bridgehead atoms. The summed E-state index contributed by atoms with van der Waals surface area (Å²) < 4.78 is 10.2. The third-order valence-corrected chi connectivity index (χ3v) is 3.68. The van der Waals surface area contributed by atoms with Gasteiger partial charge in [-0.05, 0) is 25.7 Å². The van der Waals surface area contributed by atoms with Crippen molar-refractivity contribution >= 4 is 22.4 Å². The molecule has 1 saturated carbocycles. The van der Waals surface area contributed by atoms with Crippen molar-refractivity contribution in [2.24, 2.45) is 5.92 Å². The van der Waals surface area contributed by atoms with Crippen molar-refractivity contribution in [3.63, 3.8) is 0 Å². The molecule has 0 saturated heterocycles. The van der Waals surface area contributed by atoms with Gasteiger partial charge in [-0.15, -0.1) is 11.3 Å². The predicted octanol–water partition coefficient (Wildman–Crippen LogP) is 2.08. The van der Waals surface area contributed by atoms with Gasteiger partial charge in [-0.2, -0.15) is 0 Å². The molecule has 1 N–H and O–H groups in total. The van der Waals surface area contributed by atoms with Crippen LogP contribution in [-0.2, 0) is 9.47 Å². The molecular formula is C12H18N2O3S. The van der Waals surface area contributed by atoms with Gasteiger partial charge in [0.05, 0.1) is 13.7 Å². The summed E-state index contributed by atoms with van der Waals surface area (Å²) >= 11 is 1.46. The molecule has 0 radical (unpaired) electrons. The van der Waals surface area contributed by atoms with Crippen LogP contribution in [0, 0.1) is 12.8 Å². The maximum absolute atomic E-state index is 11.4. The second kappa shape index (κ2) is 6.15. The number of nitrogens with one attached hydrogen (secondary N) is 1. The first-order valence-electron chi connectivity index (χ1n) is 6.08. The van der Waals surface area contributed by atoms with Gasteiger partial charge in [0.1, 0.15) is 0 Å². The highest BCUT2D eigenvalue weighted by molar-refractivity contribution is 7.15. The Bertz CT molecular complexity index is 415. The predicted molar refractivity (Wildman–Crippen MR) is 70.2 cm³/mol. The number of ether oxygens (including phenoxy) is 2. The lowest BCUT2D eigenvalue weighted by Gasteiger charge is -2.03. The van der Waals surface area contributed by atoms with Gasteiger partial charge >= 0.3 is 5.97 Å². The molecule has 1 aliphatic rings. The second-order valence-electron chi connectivity index (χ2n) is 4.36. The smallest absolute Gasteiger partial charge is 0.357 e. The number of esters is 1. The van der Waals surface area contributed by atoms with Gasteiger partial charge in [0.2, 0.25) is 0 Å². The molecule has 0 aromatic carbocycles. The fourth-order valence-corrected chi connectivity index (χ4v) is 2.35. The largest absolute Gasteiger partial charge is 0.464 e. The zero-order valence-electron chi connectivity index (χ0n) is 10.7. The third-order valence-electron chi connectivity index (χ3n) is 2.75. The number of aryl methyl sites for hydroxylation is 1. The first kappa shape index (κ1) is 13.3. The molecule has 0 aliphatic heterocycles. The summed E-state index contributed by atoms with van der Waals surface area (Å²) in [5.41, 5.74) is 0.392. The van der Waals surface area contributed by atoms with Gasteiger partial charge in [0.25, 0.3) is 0 Å². The number of aromatic nitrogens is 1. The second-order valence-corrected chi connectivity index (χ2v) is 5.56. The van der Waals surface area contributed by atoms with E-state index in [9.17, 15) is 4.79 Å². The van der Waals surface area contributed by atoms with E-state index in [0.717, 1.165) is 22.5 Å². The topological polar surface area (TPSA) is 60.5 Å². The Morgan fingerprint density at radius 1 is 1.56 bits per heavy atom. The van der Waals surface area contributed by atoms with Crippen LogP contribution < -0.4 is 5.32 Å². The number of methoxy groups -OCH3 is 1. The number of carbonyl (C=O) groups excluding carboxylic acids is 1. The monoisotopic (exact) mass is 270 g/mol. The van der Waals surface area contributed by atoms with Crippen molar-refractivity contribution in [1.29, 1.82) is 0 Å². The Morgan fingerprint density at radius 2 is 2.33 bits per heavy atom. The molecule has 0 spiro atoms. The normalized spacial score (nSPS) is 14.6. The van der Waals surface area contributed by atoms with Gasteiger partial charge in [-0.25, -0.2) is 9.78 Å². The van der Waals surface area contributed by atoms with Gasteiger partial charge in [-0.3, -0.25) is 0 Å². The van der Waals surface area contributed by atoms with E-state index in [2.05, 4.69) is 15.0 Å². The summed E-state index contributed by atoms with van der Waals surface area (Å²) in [5, 5.41) is 3.89. The minimum atomic E-state index is -0.387. The minimum absolute atomic E-state index is 0.387. The minimum Gasteiger partial charge on any atom is -0.464 e. The molecule has 1 heterocycles. The van der Waals surface area contributed by atoms with Crippen LogP contribution in [0.15, 0.2) is 0 Å². The lowest BCUT2D eigenvalue weighted by atomic mass is 10.4. The molecule has 0 amide bonds. The fraction of sp³-hybridized carbons (Fsp3) is 0.667. The molecule has 18 heavy (non-hydrogen) atoms. The maximum atomic E-state index is 11.4. The number of rotatable bonds is 7. The highest BCUT2D eigenvalue weighted by Gasteiger charge is 2.21. The average Bonchev–Trinajstić information content (AvgIpc) is 3.11. The summed E-state index contributed by atoms with van der Waals surface area (Å²) in [5.74, 6) is 0.403. The average molecular weight is 270 g/mol. The standard InChI is InChI=1S/C12H18N2O3S/c1-8-10(11(15)16-2)14-12(18-8)13-5-6-17-7-9-3-4-9/h9H,3-7H2,1-2H3,(H,13,14). The zero-order chi connectivity index (χ0) is 13.0. The van der Waals surface area contributed by atoms with Crippen LogP contribution >= 0.6 is 11.3 Å². The van der Waals surface area contributed by atoms with E-state index in [1.54, 1.807) is 0 Å². The summed E-state index contributed by atoms with van der Waals surface area (Å²) in [6, 6.07) is 0. The van der Waals surface area contributed by atoms with Gasteiger partial charge in [0.15, 0.2) is 10.8 Å². The molecule has 1 fully saturated rings. The molecule has 0 atom stereocenters. The number of hydrogen-bond acceptors (Lipinski definition) is 6. The van der Waals surface area contributed by atoms with Crippen LogP contribution in [0.4, 0.5) is 5.13 Å². The molecule has 1 aliphatic carbocycles. The lowest BCUT2D eigenvalue weighted by Crippen LogP contribution is -2.11. The zero-order valence-corrected chi connectivity index (χ0v) is 11.5. The Balaban J connectivity index is 1.73. The summed E-state index contributed by atoms with van der Waals surface area (Å²) in [6.07, 6.45) is 2.61.